The summed E-state index contributed by atoms with van der Waals surface area (Å²) in [5.41, 5.74) is 14.0. The molecule has 0 aliphatic heterocycles. The molecule has 1 heterocycles. The number of aryl methyl sites for hydroxylation is 1. The lowest BCUT2D eigenvalue weighted by Gasteiger charge is -2.12. The zero-order valence-electron chi connectivity index (χ0n) is 17.3. The fraction of sp³-hybridized carbons (Fsp3) is 0.0345. The molecule has 6 aromatic rings. The molecule has 2 heteroatoms. The Morgan fingerprint density at radius 2 is 1.26 bits per heavy atom. The summed E-state index contributed by atoms with van der Waals surface area (Å²) in [7, 11) is 0. The van der Waals surface area contributed by atoms with Crippen LogP contribution in [-0.4, -0.2) is 4.57 Å². The summed E-state index contributed by atoms with van der Waals surface area (Å²) in [6.45, 7) is 2.16. The number of fused-ring (bicyclic) bond motifs is 4. The van der Waals surface area contributed by atoms with Crippen LogP contribution in [0.2, 0.25) is 0 Å². The molecule has 2 nitrogen and oxygen atoms in total. The molecule has 31 heavy (non-hydrogen) atoms. The SMILES string of the molecule is Cc1ccc2c(c1)c1cc(-c3ccc(N)cc3)ccc1n2-c1cccc2ccccc12. The first-order valence-corrected chi connectivity index (χ1v) is 10.6. The number of benzene rings is 5. The Morgan fingerprint density at radius 1 is 0.581 bits per heavy atom. The van der Waals surface area contributed by atoms with Gasteiger partial charge in [0.2, 0.25) is 0 Å². The van der Waals surface area contributed by atoms with E-state index in [1.165, 1.54) is 55.0 Å². The van der Waals surface area contributed by atoms with Gasteiger partial charge in [-0.05, 0) is 65.9 Å². The molecular formula is C29H22N2. The number of nitrogen functional groups attached to an aromatic ring is 1. The Kier molecular flexibility index (Phi) is 3.87. The number of nitrogens with two attached hydrogens (primary N) is 1. The summed E-state index contributed by atoms with van der Waals surface area (Å²) in [4.78, 5) is 0. The highest BCUT2D eigenvalue weighted by Crippen LogP contribution is 2.37. The van der Waals surface area contributed by atoms with Crippen molar-refractivity contribution >= 4 is 38.3 Å². The molecule has 1 aromatic heterocycles. The minimum absolute atomic E-state index is 0.785. The number of anilines is 1. The number of hydrogen-bond donors (Lipinski definition) is 1. The van der Waals surface area contributed by atoms with Crippen LogP contribution in [0.25, 0.3) is 49.4 Å². The molecule has 5 aromatic carbocycles. The molecule has 0 fully saturated rings. The van der Waals surface area contributed by atoms with Crippen molar-refractivity contribution in [2.24, 2.45) is 0 Å². The van der Waals surface area contributed by atoms with Gasteiger partial charge in [0.05, 0.1) is 16.7 Å². The molecule has 0 atom stereocenters. The molecule has 6 rings (SSSR count). The molecule has 2 N–H and O–H groups in total. The fourth-order valence-corrected chi connectivity index (χ4v) is 4.66. The Morgan fingerprint density at radius 3 is 2.10 bits per heavy atom. The van der Waals surface area contributed by atoms with Gasteiger partial charge in [-0.2, -0.15) is 0 Å². The Balaban J connectivity index is 1.70. The molecular weight excluding hydrogens is 376 g/mol. The van der Waals surface area contributed by atoms with E-state index >= 15 is 0 Å². The summed E-state index contributed by atoms with van der Waals surface area (Å²) in [5.74, 6) is 0. The first-order chi connectivity index (χ1) is 15.2. The predicted octanol–water partition coefficient (Wildman–Crippen LogP) is 7.49. The first kappa shape index (κ1) is 17.8. The maximum Gasteiger partial charge on any atom is 0.0541 e. The van der Waals surface area contributed by atoms with E-state index in [1.54, 1.807) is 0 Å². The number of hydrogen-bond acceptors (Lipinski definition) is 1. The van der Waals surface area contributed by atoms with Gasteiger partial charge >= 0.3 is 0 Å². The van der Waals surface area contributed by atoms with Crippen LogP contribution >= 0.6 is 0 Å². The fourth-order valence-electron chi connectivity index (χ4n) is 4.66. The zero-order chi connectivity index (χ0) is 20.9. The largest absolute Gasteiger partial charge is 0.399 e. The van der Waals surface area contributed by atoms with Crippen LogP contribution in [-0.2, 0) is 0 Å². The van der Waals surface area contributed by atoms with E-state index < -0.39 is 0 Å². The van der Waals surface area contributed by atoms with Crippen LogP contribution in [0.4, 0.5) is 5.69 Å². The molecule has 0 spiro atoms. The molecule has 0 unspecified atom stereocenters. The van der Waals surface area contributed by atoms with E-state index in [9.17, 15) is 0 Å². The van der Waals surface area contributed by atoms with Gasteiger partial charge in [-0.25, -0.2) is 0 Å². The van der Waals surface area contributed by atoms with Crippen molar-refractivity contribution in [2.45, 2.75) is 6.92 Å². The van der Waals surface area contributed by atoms with Crippen LogP contribution in [0.3, 0.4) is 0 Å². The van der Waals surface area contributed by atoms with E-state index in [-0.39, 0.29) is 0 Å². The van der Waals surface area contributed by atoms with Gasteiger partial charge in [-0.3, -0.25) is 0 Å². The Hall–Kier alpha value is -4.04. The normalized spacial score (nSPS) is 11.5. The Labute approximate surface area is 181 Å². The van der Waals surface area contributed by atoms with Crippen molar-refractivity contribution in [1.29, 1.82) is 0 Å². The zero-order valence-corrected chi connectivity index (χ0v) is 17.3. The highest BCUT2D eigenvalue weighted by Gasteiger charge is 2.15. The minimum Gasteiger partial charge on any atom is -0.399 e. The maximum atomic E-state index is 5.90. The molecule has 0 saturated heterocycles. The van der Waals surface area contributed by atoms with Gasteiger partial charge in [0, 0.05) is 21.8 Å². The van der Waals surface area contributed by atoms with Crippen LogP contribution < -0.4 is 5.73 Å². The van der Waals surface area contributed by atoms with E-state index in [1.807, 2.05) is 12.1 Å². The molecule has 0 radical (unpaired) electrons. The van der Waals surface area contributed by atoms with E-state index in [0.717, 1.165) is 5.69 Å². The molecule has 0 amide bonds. The standard InChI is InChI=1S/C29H22N2/c1-19-9-15-28-25(17-19)26-18-22(20-10-13-23(30)14-11-20)12-16-29(26)31(28)27-8-4-6-21-5-2-3-7-24(21)27/h2-18H,30H2,1H3. The summed E-state index contributed by atoms with van der Waals surface area (Å²) in [6.07, 6.45) is 0. The summed E-state index contributed by atoms with van der Waals surface area (Å²) in [5, 5.41) is 5.05. The van der Waals surface area contributed by atoms with Crippen LogP contribution in [0.15, 0.2) is 103 Å². The van der Waals surface area contributed by atoms with E-state index in [4.69, 9.17) is 5.73 Å². The minimum atomic E-state index is 0.785. The smallest absolute Gasteiger partial charge is 0.0541 e. The lowest BCUT2D eigenvalue weighted by Crippen LogP contribution is -1.95. The third-order valence-corrected chi connectivity index (χ3v) is 6.17. The van der Waals surface area contributed by atoms with Crippen molar-refractivity contribution in [3.8, 4) is 16.8 Å². The second-order valence-electron chi connectivity index (χ2n) is 8.21. The molecule has 0 bridgehead atoms. The highest BCUT2D eigenvalue weighted by atomic mass is 15.0. The number of rotatable bonds is 2. The second-order valence-corrected chi connectivity index (χ2v) is 8.21. The van der Waals surface area contributed by atoms with Gasteiger partial charge in [-0.15, -0.1) is 0 Å². The van der Waals surface area contributed by atoms with Gasteiger partial charge in [-0.1, -0.05) is 66.2 Å². The van der Waals surface area contributed by atoms with Crippen molar-refractivity contribution in [3.05, 3.63) is 109 Å². The third-order valence-electron chi connectivity index (χ3n) is 6.17. The van der Waals surface area contributed by atoms with Crippen LogP contribution in [0.1, 0.15) is 5.56 Å². The van der Waals surface area contributed by atoms with Crippen molar-refractivity contribution in [2.75, 3.05) is 5.73 Å². The first-order valence-electron chi connectivity index (χ1n) is 10.6. The van der Waals surface area contributed by atoms with Crippen molar-refractivity contribution in [3.63, 3.8) is 0 Å². The van der Waals surface area contributed by atoms with E-state index in [2.05, 4.69) is 102 Å². The number of aromatic nitrogens is 1. The molecule has 0 saturated carbocycles. The summed E-state index contributed by atoms with van der Waals surface area (Å²) < 4.78 is 2.40. The summed E-state index contributed by atoms with van der Waals surface area (Å²) >= 11 is 0. The van der Waals surface area contributed by atoms with Crippen molar-refractivity contribution < 1.29 is 0 Å². The topological polar surface area (TPSA) is 30.9 Å². The lowest BCUT2D eigenvalue weighted by atomic mass is 10.0. The summed E-state index contributed by atoms with van der Waals surface area (Å²) in [6, 6.07) is 36.7. The third kappa shape index (κ3) is 2.80. The van der Waals surface area contributed by atoms with Gasteiger partial charge in [0.25, 0.3) is 0 Å². The number of nitrogens with zero attached hydrogens (tertiary/aromatic N) is 1. The highest BCUT2D eigenvalue weighted by molar-refractivity contribution is 6.11. The Bertz CT molecular complexity index is 1580. The molecule has 148 valence electrons. The average Bonchev–Trinajstić information content (AvgIpc) is 3.12. The van der Waals surface area contributed by atoms with Gasteiger partial charge < -0.3 is 10.3 Å². The predicted molar refractivity (Wildman–Crippen MR) is 133 cm³/mol. The monoisotopic (exact) mass is 398 g/mol. The maximum absolute atomic E-state index is 5.90. The molecule has 0 aliphatic rings. The van der Waals surface area contributed by atoms with Crippen LogP contribution in [0.5, 0.6) is 0 Å². The van der Waals surface area contributed by atoms with E-state index in [0.29, 0.717) is 0 Å². The second kappa shape index (κ2) is 6.75. The van der Waals surface area contributed by atoms with Gasteiger partial charge in [0.1, 0.15) is 0 Å². The lowest BCUT2D eigenvalue weighted by molar-refractivity contribution is 1.20. The van der Waals surface area contributed by atoms with Gasteiger partial charge in [0.15, 0.2) is 0 Å². The quantitative estimate of drug-likeness (QED) is 0.301. The van der Waals surface area contributed by atoms with Crippen LogP contribution in [0, 0.1) is 6.92 Å². The molecule has 0 aliphatic carbocycles. The average molecular weight is 399 g/mol. The van der Waals surface area contributed by atoms with Crippen molar-refractivity contribution in [1.82, 2.24) is 4.57 Å².